The summed E-state index contributed by atoms with van der Waals surface area (Å²) in [6.45, 7) is 0. The van der Waals surface area contributed by atoms with Crippen molar-refractivity contribution in [2.75, 3.05) is 0 Å². The summed E-state index contributed by atoms with van der Waals surface area (Å²) in [5, 5.41) is 12.5. The predicted molar refractivity (Wildman–Crippen MR) is 77.7 cm³/mol. The Morgan fingerprint density at radius 1 is 1.19 bits per heavy atom. The van der Waals surface area contributed by atoms with E-state index < -0.39 is 11.7 Å². The summed E-state index contributed by atoms with van der Waals surface area (Å²) in [5.41, 5.74) is 2.00. The van der Waals surface area contributed by atoms with Crippen LogP contribution in [0.25, 0.3) is 0 Å². The molecule has 2 aromatic rings. The van der Waals surface area contributed by atoms with E-state index >= 15 is 0 Å². The van der Waals surface area contributed by atoms with Gasteiger partial charge in [-0.2, -0.15) is 0 Å². The zero-order valence-electron chi connectivity index (χ0n) is 11.5. The highest BCUT2D eigenvalue weighted by molar-refractivity contribution is 5.97. The van der Waals surface area contributed by atoms with Gasteiger partial charge in [0.25, 0.3) is 5.91 Å². The van der Waals surface area contributed by atoms with Crippen molar-refractivity contribution < 1.29 is 14.3 Å². The number of hydrogen-bond donors (Lipinski definition) is 2. The molecular formula is C17H16FNO2. The molecule has 4 heteroatoms. The van der Waals surface area contributed by atoms with Gasteiger partial charge >= 0.3 is 0 Å². The number of hydrogen-bond acceptors (Lipinski definition) is 2. The number of amides is 1. The molecule has 108 valence electrons. The minimum atomic E-state index is -0.711. The van der Waals surface area contributed by atoms with Gasteiger partial charge in [-0.25, -0.2) is 4.39 Å². The van der Waals surface area contributed by atoms with Gasteiger partial charge in [0.15, 0.2) is 0 Å². The number of carbonyl (C=O) groups is 1. The molecule has 1 unspecified atom stereocenters. The maximum atomic E-state index is 13.7. The van der Waals surface area contributed by atoms with E-state index in [1.165, 1.54) is 23.8 Å². The van der Waals surface area contributed by atoms with Crippen LogP contribution >= 0.6 is 0 Å². The second kappa shape index (κ2) is 5.56. The van der Waals surface area contributed by atoms with Crippen LogP contribution in [0, 0.1) is 5.82 Å². The Morgan fingerprint density at radius 2 is 2.00 bits per heavy atom. The van der Waals surface area contributed by atoms with Crippen LogP contribution in [0.15, 0.2) is 42.5 Å². The monoisotopic (exact) mass is 285 g/mol. The zero-order valence-corrected chi connectivity index (χ0v) is 11.5. The average molecular weight is 285 g/mol. The molecule has 0 spiro atoms. The Hall–Kier alpha value is -2.36. The molecule has 1 aliphatic rings. The van der Waals surface area contributed by atoms with Gasteiger partial charge in [-0.15, -0.1) is 0 Å². The molecule has 0 radical (unpaired) electrons. The number of benzene rings is 2. The highest BCUT2D eigenvalue weighted by Gasteiger charge is 2.24. The van der Waals surface area contributed by atoms with E-state index in [4.69, 9.17) is 0 Å². The van der Waals surface area contributed by atoms with Crippen LogP contribution in [0.5, 0.6) is 5.75 Å². The lowest BCUT2D eigenvalue weighted by molar-refractivity contribution is 0.0925. The first kappa shape index (κ1) is 13.6. The minimum absolute atomic E-state index is 0.138. The molecular weight excluding hydrogens is 269 g/mol. The zero-order chi connectivity index (χ0) is 14.8. The molecule has 2 N–H and O–H groups in total. The molecule has 0 saturated carbocycles. The second-order valence-electron chi connectivity index (χ2n) is 5.25. The van der Waals surface area contributed by atoms with E-state index in [0.29, 0.717) is 0 Å². The Kier molecular flexibility index (Phi) is 3.60. The number of halogens is 1. The minimum Gasteiger partial charge on any atom is -0.507 e. The van der Waals surface area contributed by atoms with E-state index in [2.05, 4.69) is 5.32 Å². The summed E-state index contributed by atoms with van der Waals surface area (Å²) in [7, 11) is 0. The lowest BCUT2D eigenvalue weighted by atomic mass is 9.87. The topological polar surface area (TPSA) is 49.3 Å². The fourth-order valence-corrected chi connectivity index (χ4v) is 2.87. The summed E-state index contributed by atoms with van der Waals surface area (Å²) in [5.74, 6) is -1.62. The molecule has 0 fully saturated rings. The largest absolute Gasteiger partial charge is 0.507 e. The number of carbonyl (C=O) groups excluding carboxylic acids is 1. The average Bonchev–Trinajstić information content (AvgIpc) is 2.47. The van der Waals surface area contributed by atoms with Crippen LogP contribution in [0.1, 0.15) is 40.4 Å². The Balaban J connectivity index is 1.86. The molecule has 2 aromatic carbocycles. The van der Waals surface area contributed by atoms with Crippen LogP contribution in [0.4, 0.5) is 4.39 Å². The third kappa shape index (κ3) is 2.61. The number of aromatic hydroxyl groups is 1. The van der Waals surface area contributed by atoms with Crippen molar-refractivity contribution in [3.05, 3.63) is 65.0 Å². The molecule has 1 atom stereocenters. The summed E-state index contributed by atoms with van der Waals surface area (Å²) < 4.78 is 13.7. The van der Waals surface area contributed by atoms with E-state index in [9.17, 15) is 14.3 Å². The number of phenols is 1. The SMILES string of the molecule is O=C(NC1CCCc2ccccc21)c1c(O)cccc1F. The Bertz CT molecular complexity index is 664. The first-order chi connectivity index (χ1) is 10.2. The highest BCUT2D eigenvalue weighted by atomic mass is 19.1. The molecule has 21 heavy (non-hydrogen) atoms. The molecule has 0 saturated heterocycles. The maximum Gasteiger partial charge on any atom is 0.258 e. The Labute approximate surface area is 122 Å². The van der Waals surface area contributed by atoms with Gasteiger partial charge in [0.1, 0.15) is 17.1 Å². The maximum absolute atomic E-state index is 13.7. The molecule has 0 aromatic heterocycles. The molecule has 1 aliphatic carbocycles. The molecule has 3 nitrogen and oxygen atoms in total. The smallest absolute Gasteiger partial charge is 0.258 e. The first-order valence-corrected chi connectivity index (χ1v) is 7.03. The van der Waals surface area contributed by atoms with Crippen molar-refractivity contribution in [1.82, 2.24) is 5.32 Å². The number of phenolic OH excluding ortho intramolecular Hbond substituents is 1. The van der Waals surface area contributed by atoms with Crippen molar-refractivity contribution in [3.8, 4) is 5.75 Å². The Morgan fingerprint density at radius 3 is 2.81 bits per heavy atom. The highest BCUT2D eigenvalue weighted by Crippen LogP contribution is 2.30. The van der Waals surface area contributed by atoms with Crippen LogP contribution in [0.3, 0.4) is 0 Å². The van der Waals surface area contributed by atoms with Crippen molar-refractivity contribution >= 4 is 5.91 Å². The van der Waals surface area contributed by atoms with Gasteiger partial charge in [-0.3, -0.25) is 4.79 Å². The van der Waals surface area contributed by atoms with E-state index in [-0.39, 0.29) is 17.4 Å². The number of nitrogens with one attached hydrogen (secondary N) is 1. The molecule has 0 heterocycles. The van der Waals surface area contributed by atoms with Gasteiger partial charge < -0.3 is 10.4 Å². The summed E-state index contributed by atoms with van der Waals surface area (Å²) in [6.07, 6.45) is 2.79. The standard InChI is InChI=1S/C17H16FNO2/c18-13-8-4-10-15(20)16(13)17(21)19-14-9-3-6-11-5-1-2-7-12(11)14/h1-2,4-5,7-8,10,14,20H,3,6,9H2,(H,19,21). The third-order valence-corrected chi connectivity index (χ3v) is 3.89. The second-order valence-corrected chi connectivity index (χ2v) is 5.25. The molecule has 3 rings (SSSR count). The fraction of sp³-hybridized carbons (Fsp3) is 0.235. The van der Waals surface area contributed by atoms with Gasteiger partial charge in [-0.1, -0.05) is 30.3 Å². The van der Waals surface area contributed by atoms with Crippen molar-refractivity contribution in [2.45, 2.75) is 25.3 Å². The summed E-state index contributed by atoms with van der Waals surface area (Å²) >= 11 is 0. The normalized spacial score (nSPS) is 17.1. The van der Waals surface area contributed by atoms with Crippen molar-refractivity contribution in [2.24, 2.45) is 0 Å². The van der Waals surface area contributed by atoms with Crippen molar-refractivity contribution in [3.63, 3.8) is 0 Å². The van der Waals surface area contributed by atoms with Crippen LogP contribution < -0.4 is 5.32 Å². The van der Waals surface area contributed by atoms with E-state index in [0.717, 1.165) is 24.8 Å². The van der Waals surface area contributed by atoms with Crippen LogP contribution in [-0.2, 0) is 6.42 Å². The predicted octanol–water partition coefficient (Wildman–Crippen LogP) is 3.34. The van der Waals surface area contributed by atoms with Gasteiger partial charge in [0, 0.05) is 0 Å². The fourth-order valence-electron chi connectivity index (χ4n) is 2.87. The number of rotatable bonds is 2. The van der Waals surface area contributed by atoms with Gasteiger partial charge in [-0.05, 0) is 42.5 Å². The van der Waals surface area contributed by atoms with Gasteiger partial charge in [0.2, 0.25) is 0 Å². The summed E-state index contributed by atoms with van der Waals surface area (Å²) in [6, 6.07) is 11.7. The van der Waals surface area contributed by atoms with Gasteiger partial charge in [0.05, 0.1) is 6.04 Å². The lowest BCUT2D eigenvalue weighted by Crippen LogP contribution is -2.31. The third-order valence-electron chi connectivity index (χ3n) is 3.89. The number of fused-ring (bicyclic) bond motifs is 1. The summed E-state index contributed by atoms with van der Waals surface area (Å²) in [4.78, 5) is 12.3. The van der Waals surface area contributed by atoms with Crippen molar-refractivity contribution in [1.29, 1.82) is 0 Å². The molecule has 1 amide bonds. The lowest BCUT2D eigenvalue weighted by Gasteiger charge is -2.26. The van der Waals surface area contributed by atoms with E-state index in [1.807, 2.05) is 24.3 Å². The van der Waals surface area contributed by atoms with Crippen LogP contribution in [-0.4, -0.2) is 11.0 Å². The number of aryl methyl sites for hydroxylation is 1. The quantitative estimate of drug-likeness (QED) is 0.889. The van der Waals surface area contributed by atoms with E-state index in [1.54, 1.807) is 0 Å². The first-order valence-electron chi connectivity index (χ1n) is 7.03. The molecule has 0 aliphatic heterocycles. The molecule has 0 bridgehead atoms. The van der Waals surface area contributed by atoms with Crippen LogP contribution in [0.2, 0.25) is 0 Å².